The van der Waals surface area contributed by atoms with Crippen molar-refractivity contribution in [2.45, 2.75) is 39.7 Å². The Morgan fingerprint density at radius 3 is 2.54 bits per heavy atom. The van der Waals surface area contributed by atoms with Crippen molar-refractivity contribution < 1.29 is 13.9 Å². The second kappa shape index (κ2) is 7.79. The summed E-state index contributed by atoms with van der Waals surface area (Å²) in [5.74, 6) is 0.103. The molecule has 0 aliphatic carbocycles. The summed E-state index contributed by atoms with van der Waals surface area (Å²) in [4.78, 5) is 12.5. The largest absolute Gasteiger partial charge is 0.480 e. The minimum Gasteiger partial charge on any atom is -0.480 e. The maximum Gasteiger partial charge on any atom is 0.265 e. The van der Waals surface area contributed by atoms with Gasteiger partial charge in [-0.1, -0.05) is 32.0 Å². The summed E-state index contributed by atoms with van der Waals surface area (Å²) in [6.07, 6.45) is -0.716. The van der Waals surface area contributed by atoms with Crippen molar-refractivity contribution in [3.63, 3.8) is 0 Å². The van der Waals surface area contributed by atoms with Crippen LogP contribution in [-0.2, 0) is 4.79 Å². The molecule has 0 aromatic heterocycles. The zero-order chi connectivity index (χ0) is 17.9. The van der Waals surface area contributed by atoms with Gasteiger partial charge in [0.25, 0.3) is 5.91 Å². The van der Waals surface area contributed by atoms with E-state index in [2.05, 4.69) is 35.1 Å². The van der Waals surface area contributed by atoms with Gasteiger partial charge in [-0.3, -0.25) is 4.79 Å². The van der Waals surface area contributed by atoms with Crippen LogP contribution in [0.3, 0.4) is 0 Å². The van der Waals surface area contributed by atoms with E-state index in [1.165, 1.54) is 18.2 Å². The molecule has 0 radical (unpaired) electrons. The zero-order valence-corrected chi connectivity index (χ0v) is 15.8. The number of para-hydroxylation sites is 1. The standard InChI is InChI=1S/C19H21BrFNO2/c1-11(2)15-7-5-6-12(3)18(15)22-19(23)13(4)24-17-9-8-14(21)10-16(17)20/h5-11,13H,1-4H3,(H,22,23). The molecule has 1 N–H and O–H groups in total. The molecule has 0 bridgehead atoms. The van der Waals surface area contributed by atoms with Crippen molar-refractivity contribution >= 4 is 27.5 Å². The summed E-state index contributed by atoms with van der Waals surface area (Å²) in [7, 11) is 0. The van der Waals surface area contributed by atoms with Crippen molar-refractivity contribution in [1.82, 2.24) is 0 Å². The highest BCUT2D eigenvalue weighted by molar-refractivity contribution is 9.10. The van der Waals surface area contributed by atoms with Crippen LogP contribution < -0.4 is 10.1 Å². The lowest BCUT2D eigenvalue weighted by Crippen LogP contribution is -2.31. The number of carbonyl (C=O) groups excluding carboxylic acids is 1. The molecule has 0 fully saturated rings. The van der Waals surface area contributed by atoms with Gasteiger partial charge in [-0.25, -0.2) is 4.39 Å². The van der Waals surface area contributed by atoms with Crippen LogP contribution in [0.1, 0.15) is 37.8 Å². The normalized spacial score (nSPS) is 12.1. The highest BCUT2D eigenvalue weighted by Gasteiger charge is 2.19. The van der Waals surface area contributed by atoms with E-state index in [4.69, 9.17) is 4.74 Å². The molecule has 0 aliphatic rings. The average Bonchev–Trinajstić information content (AvgIpc) is 2.51. The molecule has 1 amide bonds. The van der Waals surface area contributed by atoms with E-state index >= 15 is 0 Å². The smallest absolute Gasteiger partial charge is 0.265 e. The lowest BCUT2D eigenvalue weighted by molar-refractivity contribution is -0.122. The second-order valence-corrected chi connectivity index (χ2v) is 6.87. The number of nitrogens with one attached hydrogen (secondary N) is 1. The number of hydrogen-bond acceptors (Lipinski definition) is 2. The molecule has 2 aromatic carbocycles. The van der Waals surface area contributed by atoms with E-state index in [1.807, 2.05) is 25.1 Å². The molecule has 0 saturated heterocycles. The molecule has 128 valence electrons. The Balaban J connectivity index is 2.15. The van der Waals surface area contributed by atoms with E-state index in [9.17, 15) is 9.18 Å². The summed E-state index contributed by atoms with van der Waals surface area (Å²) in [5.41, 5.74) is 2.91. The van der Waals surface area contributed by atoms with E-state index in [1.54, 1.807) is 6.92 Å². The molecule has 3 nitrogen and oxygen atoms in total. The fraction of sp³-hybridized carbons (Fsp3) is 0.316. The minimum atomic E-state index is -0.716. The van der Waals surface area contributed by atoms with Crippen LogP contribution in [0.25, 0.3) is 0 Å². The van der Waals surface area contributed by atoms with Gasteiger partial charge in [-0.2, -0.15) is 0 Å². The van der Waals surface area contributed by atoms with Gasteiger partial charge in [0, 0.05) is 5.69 Å². The fourth-order valence-corrected chi connectivity index (χ4v) is 2.83. The Kier molecular flexibility index (Phi) is 5.99. The number of aryl methyl sites for hydroxylation is 1. The molecular formula is C19H21BrFNO2. The lowest BCUT2D eigenvalue weighted by atomic mass is 9.98. The summed E-state index contributed by atoms with van der Waals surface area (Å²) in [6.45, 7) is 7.79. The number of hydrogen-bond donors (Lipinski definition) is 1. The first-order valence-corrected chi connectivity index (χ1v) is 8.61. The van der Waals surface area contributed by atoms with Crippen LogP contribution in [0.5, 0.6) is 5.75 Å². The van der Waals surface area contributed by atoms with Crippen LogP contribution in [0.15, 0.2) is 40.9 Å². The number of anilines is 1. The number of rotatable bonds is 5. The molecule has 0 aliphatic heterocycles. The molecule has 0 spiro atoms. The highest BCUT2D eigenvalue weighted by Crippen LogP contribution is 2.29. The van der Waals surface area contributed by atoms with E-state index < -0.39 is 6.10 Å². The first-order valence-electron chi connectivity index (χ1n) is 7.81. The van der Waals surface area contributed by atoms with Gasteiger partial charge in [0.05, 0.1) is 4.47 Å². The predicted molar refractivity (Wildman–Crippen MR) is 98.1 cm³/mol. The van der Waals surface area contributed by atoms with Gasteiger partial charge in [0.2, 0.25) is 0 Å². The maximum atomic E-state index is 13.1. The van der Waals surface area contributed by atoms with Crippen LogP contribution in [0.4, 0.5) is 10.1 Å². The molecule has 0 heterocycles. The number of halogens is 2. The Morgan fingerprint density at radius 1 is 1.21 bits per heavy atom. The molecule has 2 aromatic rings. The van der Waals surface area contributed by atoms with Crippen molar-refractivity contribution in [1.29, 1.82) is 0 Å². The van der Waals surface area contributed by atoms with Crippen LogP contribution >= 0.6 is 15.9 Å². The number of ether oxygens (including phenoxy) is 1. The second-order valence-electron chi connectivity index (χ2n) is 6.02. The third kappa shape index (κ3) is 4.35. The van der Waals surface area contributed by atoms with Crippen LogP contribution in [-0.4, -0.2) is 12.0 Å². The molecule has 5 heteroatoms. The molecule has 1 unspecified atom stereocenters. The minimum absolute atomic E-state index is 0.248. The number of benzene rings is 2. The third-order valence-electron chi connectivity index (χ3n) is 3.74. The quantitative estimate of drug-likeness (QED) is 0.735. The van der Waals surface area contributed by atoms with Gasteiger partial charge in [-0.15, -0.1) is 0 Å². The van der Waals surface area contributed by atoms with Crippen LogP contribution in [0.2, 0.25) is 0 Å². The topological polar surface area (TPSA) is 38.3 Å². The van der Waals surface area contributed by atoms with Crippen molar-refractivity contribution in [3.8, 4) is 5.75 Å². The lowest BCUT2D eigenvalue weighted by Gasteiger charge is -2.20. The Labute approximate surface area is 150 Å². The SMILES string of the molecule is Cc1cccc(C(C)C)c1NC(=O)C(C)Oc1ccc(F)cc1Br. The first-order chi connectivity index (χ1) is 11.3. The van der Waals surface area contributed by atoms with Gasteiger partial charge in [-0.05, 0) is 65.0 Å². The fourth-order valence-electron chi connectivity index (χ4n) is 2.38. The highest BCUT2D eigenvalue weighted by atomic mass is 79.9. The predicted octanol–water partition coefficient (Wildman–Crippen LogP) is 5.43. The van der Waals surface area contributed by atoms with Gasteiger partial charge in [0.1, 0.15) is 11.6 Å². The van der Waals surface area contributed by atoms with Crippen molar-refractivity contribution in [2.24, 2.45) is 0 Å². The van der Waals surface area contributed by atoms with E-state index in [-0.39, 0.29) is 11.7 Å². The number of carbonyl (C=O) groups is 1. The monoisotopic (exact) mass is 393 g/mol. The Bertz CT molecular complexity index is 746. The maximum absolute atomic E-state index is 13.1. The summed E-state index contributed by atoms with van der Waals surface area (Å²) in [6, 6.07) is 10.0. The van der Waals surface area contributed by atoms with Gasteiger partial charge >= 0.3 is 0 Å². The average molecular weight is 394 g/mol. The van der Waals surface area contributed by atoms with E-state index in [0.29, 0.717) is 16.1 Å². The number of amides is 1. The molecule has 24 heavy (non-hydrogen) atoms. The molecular weight excluding hydrogens is 373 g/mol. The van der Waals surface area contributed by atoms with E-state index in [0.717, 1.165) is 16.8 Å². The summed E-state index contributed by atoms with van der Waals surface area (Å²) in [5, 5.41) is 2.96. The van der Waals surface area contributed by atoms with Gasteiger partial charge in [0.15, 0.2) is 6.10 Å². The molecule has 0 saturated carbocycles. The first kappa shape index (κ1) is 18.5. The Hall–Kier alpha value is -1.88. The van der Waals surface area contributed by atoms with Crippen molar-refractivity contribution in [3.05, 3.63) is 57.8 Å². The zero-order valence-electron chi connectivity index (χ0n) is 14.2. The summed E-state index contributed by atoms with van der Waals surface area (Å²) >= 11 is 3.24. The van der Waals surface area contributed by atoms with Gasteiger partial charge < -0.3 is 10.1 Å². The molecule has 2 rings (SSSR count). The summed E-state index contributed by atoms with van der Waals surface area (Å²) < 4.78 is 19.3. The third-order valence-corrected chi connectivity index (χ3v) is 4.36. The van der Waals surface area contributed by atoms with Crippen molar-refractivity contribution in [2.75, 3.05) is 5.32 Å². The van der Waals surface area contributed by atoms with Crippen LogP contribution in [0, 0.1) is 12.7 Å². The molecule has 1 atom stereocenters. The Morgan fingerprint density at radius 2 is 1.92 bits per heavy atom.